The van der Waals surface area contributed by atoms with Crippen molar-refractivity contribution >= 4 is 33.7 Å². The Morgan fingerprint density at radius 1 is 0.875 bits per heavy atom. The zero-order valence-electron chi connectivity index (χ0n) is 24.5. The van der Waals surface area contributed by atoms with Gasteiger partial charge in [0.15, 0.2) is 0 Å². The van der Waals surface area contributed by atoms with Crippen molar-refractivity contribution in [1.82, 2.24) is 15.2 Å². The van der Waals surface area contributed by atoms with Gasteiger partial charge in [-0.1, -0.05) is 6.07 Å². The summed E-state index contributed by atoms with van der Waals surface area (Å²) in [4.78, 5) is 20.8. The molecule has 0 atom stereocenters. The molecule has 1 aliphatic rings. The average Bonchev–Trinajstić information content (AvgIpc) is 2.97. The Bertz CT molecular complexity index is 1020. The Morgan fingerprint density at radius 2 is 1.45 bits per heavy atom. The fraction of sp³-hybridized carbons (Fsp3) is 0.613. The number of hydrogen-bond acceptors (Lipinski definition) is 4. The van der Waals surface area contributed by atoms with Gasteiger partial charge >= 0.3 is 196 Å². The van der Waals surface area contributed by atoms with Gasteiger partial charge in [-0.3, -0.25) is 0 Å². The number of nitrogens with one attached hydrogen (secondary N) is 1. The maximum absolute atomic E-state index is 13.0. The molecule has 3 rings (SSSR count). The zero-order chi connectivity index (χ0) is 29.0. The number of aromatic nitrogens is 1. The maximum atomic E-state index is 13.0. The number of rotatable bonds is 15. The predicted octanol–water partition coefficient (Wildman–Crippen LogP) is 6.71. The number of alkyl halides is 3. The van der Waals surface area contributed by atoms with E-state index in [1.54, 1.807) is 9.65 Å². The van der Waals surface area contributed by atoms with Crippen LogP contribution in [-0.2, 0) is 6.18 Å². The van der Waals surface area contributed by atoms with E-state index in [4.69, 9.17) is 0 Å². The van der Waals surface area contributed by atoms with Gasteiger partial charge in [0.05, 0.1) is 0 Å². The number of nitrogens with zero attached hydrogens (tertiary/aromatic N) is 3. The molecule has 0 saturated carbocycles. The normalized spacial score (nSPS) is 14.9. The van der Waals surface area contributed by atoms with Gasteiger partial charge in [0.2, 0.25) is 0 Å². The number of piperazine rings is 1. The van der Waals surface area contributed by atoms with E-state index >= 15 is 0 Å². The van der Waals surface area contributed by atoms with Crippen LogP contribution in [0.2, 0.25) is 13.3 Å². The molecule has 1 aromatic carbocycles. The predicted molar refractivity (Wildman–Crippen MR) is 161 cm³/mol. The number of amides is 1. The summed E-state index contributed by atoms with van der Waals surface area (Å²) in [6, 6.07) is 12.6. The summed E-state index contributed by atoms with van der Waals surface area (Å²) in [5, 5.41) is 3.06. The topological polar surface area (TPSA) is 48.5 Å². The summed E-state index contributed by atoms with van der Waals surface area (Å²) in [6.07, 6.45) is 3.24. The fourth-order valence-electron chi connectivity index (χ4n) is 5.72. The second kappa shape index (κ2) is 16.0. The molecule has 9 heteroatoms. The van der Waals surface area contributed by atoms with Crippen LogP contribution in [0, 0.1) is 0 Å². The van der Waals surface area contributed by atoms with E-state index in [2.05, 4.69) is 48.1 Å². The summed E-state index contributed by atoms with van der Waals surface area (Å²) < 4.78 is 44.8. The first-order chi connectivity index (χ1) is 19.2. The Hall–Kier alpha value is -1.81. The quantitative estimate of drug-likeness (QED) is 0.215. The fourth-order valence-corrected chi connectivity index (χ4v) is 21.6. The molecule has 2 heterocycles. The number of carbonyl (C=O) groups is 1. The molecule has 222 valence electrons. The molecular weight excluding hydrogens is 620 g/mol. The van der Waals surface area contributed by atoms with E-state index in [0.717, 1.165) is 6.07 Å². The SMILES string of the molecule is CCC[CH2][Sn]([CH2]CCC)([CH2]CCC)[c]1ccc(C(=O)NCCN2CCN(c3cccc(C(F)(F)F)n3)CC2)cc1. The molecule has 0 unspecified atom stereocenters. The third-order valence-corrected chi connectivity index (χ3v) is 23.9. The standard InChI is InChI=1S/C19H20F3N4O.3C4H9.Sn/c20-19(21,22)16-7-4-8-17(24-16)26-13-11-25(12-14-26)10-9-23-18(27)15-5-2-1-3-6-15;3*1-3-4-2;/h2-8H,9-14H2,(H,23,27);3*1,3-4H2,2H3;. The minimum atomic E-state index is -4.44. The van der Waals surface area contributed by atoms with E-state index in [-0.39, 0.29) is 5.91 Å². The van der Waals surface area contributed by atoms with E-state index in [1.807, 2.05) is 17.0 Å². The molecule has 0 spiro atoms. The van der Waals surface area contributed by atoms with Crippen molar-refractivity contribution in [3.63, 3.8) is 0 Å². The Kier molecular flexibility index (Phi) is 13.1. The monoisotopic (exact) mass is 668 g/mol. The number of hydrogen-bond donors (Lipinski definition) is 1. The second-order valence-corrected chi connectivity index (χ2v) is 24.4. The van der Waals surface area contributed by atoms with Gasteiger partial charge in [-0.25, -0.2) is 4.98 Å². The van der Waals surface area contributed by atoms with Crippen LogP contribution in [0.1, 0.15) is 75.3 Å². The molecular formula is C31H47F3N4OSn. The summed E-state index contributed by atoms with van der Waals surface area (Å²) in [5.74, 6) is 0.314. The van der Waals surface area contributed by atoms with E-state index in [9.17, 15) is 18.0 Å². The molecule has 1 saturated heterocycles. The van der Waals surface area contributed by atoms with Crippen LogP contribution < -0.4 is 13.8 Å². The Morgan fingerprint density at radius 3 is 1.98 bits per heavy atom. The van der Waals surface area contributed by atoms with E-state index in [1.165, 1.54) is 57.9 Å². The Balaban J connectivity index is 1.51. The molecule has 2 aromatic rings. The molecule has 5 nitrogen and oxygen atoms in total. The number of unbranched alkanes of at least 4 members (excludes halogenated alkanes) is 3. The summed E-state index contributed by atoms with van der Waals surface area (Å²) in [5.41, 5.74) is -0.147. The summed E-state index contributed by atoms with van der Waals surface area (Å²) >= 11 is -2.50. The number of anilines is 1. The first kappa shape index (κ1) is 32.7. The van der Waals surface area contributed by atoms with Crippen LogP contribution in [-0.4, -0.2) is 73.4 Å². The van der Waals surface area contributed by atoms with Crippen molar-refractivity contribution in [2.75, 3.05) is 44.2 Å². The van der Waals surface area contributed by atoms with E-state index in [0.29, 0.717) is 50.6 Å². The first-order valence-electron chi connectivity index (χ1n) is 15.1. The number of pyridine rings is 1. The second-order valence-electron chi connectivity index (χ2n) is 11.1. The molecule has 1 amide bonds. The molecule has 40 heavy (non-hydrogen) atoms. The number of halogens is 3. The average molecular weight is 667 g/mol. The minimum absolute atomic E-state index is 0.0465. The van der Waals surface area contributed by atoms with Crippen molar-refractivity contribution in [1.29, 1.82) is 0 Å². The number of benzene rings is 1. The van der Waals surface area contributed by atoms with Gasteiger partial charge in [-0.15, -0.1) is 0 Å². The van der Waals surface area contributed by atoms with Gasteiger partial charge in [0.1, 0.15) is 11.5 Å². The van der Waals surface area contributed by atoms with Gasteiger partial charge < -0.3 is 0 Å². The molecule has 1 aromatic heterocycles. The van der Waals surface area contributed by atoms with Crippen LogP contribution in [0.15, 0.2) is 42.5 Å². The van der Waals surface area contributed by atoms with Crippen molar-refractivity contribution in [2.45, 2.75) is 78.8 Å². The van der Waals surface area contributed by atoms with Crippen LogP contribution in [0.25, 0.3) is 0 Å². The first-order valence-corrected chi connectivity index (χ1v) is 22.6. The van der Waals surface area contributed by atoms with Crippen LogP contribution in [0.5, 0.6) is 0 Å². The van der Waals surface area contributed by atoms with Gasteiger partial charge in [0, 0.05) is 0 Å². The summed E-state index contributed by atoms with van der Waals surface area (Å²) in [7, 11) is 0. The van der Waals surface area contributed by atoms with Gasteiger partial charge in [-0.05, 0) is 12.1 Å². The molecule has 1 aliphatic heterocycles. The molecule has 0 aliphatic carbocycles. The molecule has 0 radical (unpaired) electrons. The van der Waals surface area contributed by atoms with Crippen LogP contribution >= 0.6 is 0 Å². The third kappa shape index (κ3) is 9.36. The van der Waals surface area contributed by atoms with Gasteiger partial charge in [-0.2, -0.15) is 13.2 Å². The molecule has 1 fully saturated rings. The molecule has 1 N–H and O–H groups in total. The third-order valence-electron chi connectivity index (χ3n) is 8.22. The van der Waals surface area contributed by atoms with Crippen molar-refractivity contribution in [3.05, 3.63) is 53.7 Å². The molecule has 0 bridgehead atoms. The van der Waals surface area contributed by atoms with Crippen molar-refractivity contribution in [2.24, 2.45) is 0 Å². The summed E-state index contributed by atoms with van der Waals surface area (Å²) in [6.45, 7) is 10.7. The van der Waals surface area contributed by atoms with Gasteiger partial charge in [0.25, 0.3) is 0 Å². The Labute approximate surface area is 242 Å². The van der Waals surface area contributed by atoms with Crippen LogP contribution in [0.4, 0.5) is 19.0 Å². The van der Waals surface area contributed by atoms with Crippen molar-refractivity contribution < 1.29 is 18.0 Å². The number of carbonyl (C=O) groups excluding carboxylic acids is 1. The zero-order valence-corrected chi connectivity index (χ0v) is 27.4. The van der Waals surface area contributed by atoms with Crippen molar-refractivity contribution in [3.8, 4) is 0 Å². The van der Waals surface area contributed by atoms with Crippen LogP contribution in [0.3, 0.4) is 0 Å². The van der Waals surface area contributed by atoms with E-state index < -0.39 is 30.2 Å².